The lowest BCUT2D eigenvalue weighted by atomic mass is 10.1. The molecule has 0 unspecified atom stereocenters. The standard InChI is InChI=1S/C15H13NO5/c1-9(17)21-14-5-3-2-4-11(14)15(20)16-12-8-10(18)6-7-13(12)19/h2-8,18-19H,1H3,(H,16,20). The molecule has 0 saturated heterocycles. The number of aromatic hydroxyl groups is 2. The molecule has 21 heavy (non-hydrogen) atoms. The third-order valence-electron chi connectivity index (χ3n) is 2.61. The molecule has 0 heterocycles. The zero-order valence-corrected chi connectivity index (χ0v) is 11.2. The summed E-state index contributed by atoms with van der Waals surface area (Å²) in [5.74, 6) is -1.30. The van der Waals surface area contributed by atoms with Crippen LogP contribution in [0.1, 0.15) is 17.3 Å². The highest BCUT2D eigenvalue weighted by molar-refractivity contribution is 6.07. The van der Waals surface area contributed by atoms with Gasteiger partial charge in [0.15, 0.2) is 0 Å². The van der Waals surface area contributed by atoms with Gasteiger partial charge in [0.2, 0.25) is 0 Å². The first-order valence-electron chi connectivity index (χ1n) is 6.08. The zero-order valence-electron chi connectivity index (χ0n) is 11.2. The van der Waals surface area contributed by atoms with Gasteiger partial charge in [-0.1, -0.05) is 12.1 Å². The molecule has 0 radical (unpaired) electrons. The van der Waals surface area contributed by atoms with Gasteiger partial charge in [0.05, 0.1) is 11.3 Å². The fourth-order valence-corrected chi connectivity index (χ4v) is 1.71. The second-order valence-corrected chi connectivity index (χ2v) is 4.25. The Hall–Kier alpha value is -3.02. The van der Waals surface area contributed by atoms with E-state index in [0.717, 1.165) is 0 Å². The van der Waals surface area contributed by atoms with E-state index in [9.17, 15) is 19.8 Å². The van der Waals surface area contributed by atoms with Gasteiger partial charge in [0, 0.05) is 13.0 Å². The van der Waals surface area contributed by atoms with Crippen molar-refractivity contribution in [3.8, 4) is 17.2 Å². The topological polar surface area (TPSA) is 95.9 Å². The van der Waals surface area contributed by atoms with Crippen molar-refractivity contribution in [1.29, 1.82) is 0 Å². The number of carbonyl (C=O) groups is 2. The summed E-state index contributed by atoms with van der Waals surface area (Å²) in [5, 5.41) is 21.4. The summed E-state index contributed by atoms with van der Waals surface area (Å²) in [4.78, 5) is 23.2. The summed E-state index contributed by atoms with van der Waals surface area (Å²) in [6.45, 7) is 1.23. The number of esters is 1. The van der Waals surface area contributed by atoms with Gasteiger partial charge in [0.1, 0.15) is 17.2 Å². The Kier molecular flexibility index (Phi) is 4.08. The number of benzene rings is 2. The molecule has 0 aliphatic heterocycles. The highest BCUT2D eigenvalue weighted by Gasteiger charge is 2.15. The fourth-order valence-electron chi connectivity index (χ4n) is 1.71. The van der Waals surface area contributed by atoms with Crippen molar-refractivity contribution in [2.45, 2.75) is 6.92 Å². The molecule has 0 atom stereocenters. The lowest BCUT2D eigenvalue weighted by Gasteiger charge is -2.10. The van der Waals surface area contributed by atoms with Gasteiger partial charge >= 0.3 is 5.97 Å². The van der Waals surface area contributed by atoms with E-state index in [0.29, 0.717) is 0 Å². The number of amides is 1. The van der Waals surface area contributed by atoms with Gasteiger partial charge in [-0.25, -0.2) is 0 Å². The van der Waals surface area contributed by atoms with E-state index < -0.39 is 11.9 Å². The number of carbonyl (C=O) groups excluding carboxylic acids is 2. The van der Waals surface area contributed by atoms with E-state index in [-0.39, 0.29) is 28.5 Å². The first kappa shape index (κ1) is 14.4. The zero-order chi connectivity index (χ0) is 15.4. The monoisotopic (exact) mass is 287 g/mol. The molecule has 0 saturated carbocycles. The van der Waals surface area contributed by atoms with Crippen LogP contribution in [0.25, 0.3) is 0 Å². The van der Waals surface area contributed by atoms with Gasteiger partial charge < -0.3 is 20.3 Å². The molecule has 6 nitrogen and oxygen atoms in total. The van der Waals surface area contributed by atoms with Crippen molar-refractivity contribution < 1.29 is 24.5 Å². The minimum absolute atomic E-state index is 0.0534. The number of ether oxygens (including phenoxy) is 1. The van der Waals surface area contributed by atoms with Crippen molar-refractivity contribution in [2.75, 3.05) is 5.32 Å². The predicted octanol–water partition coefficient (Wildman–Crippen LogP) is 2.28. The number of para-hydroxylation sites is 1. The molecule has 2 aromatic rings. The number of hydrogen-bond donors (Lipinski definition) is 3. The first-order valence-corrected chi connectivity index (χ1v) is 6.08. The number of nitrogens with one attached hydrogen (secondary N) is 1. The summed E-state index contributed by atoms with van der Waals surface area (Å²) in [6.07, 6.45) is 0. The van der Waals surface area contributed by atoms with Gasteiger partial charge in [-0.05, 0) is 24.3 Å². The number of phenolic OH excluding ortho intramolecular Hbond substituents is 2. The van der Waals surface area contributed by atoms with Crippen LogP contribution < -0.4 is 10.1 Å². The van der Waals surface area contributed by atoms with Crippen LogP contribution in [0.3, 0.4) is 0 Å². The van der Waals surface area contributed by atoms with Crippen molar-refractivity contribution >= 4 is 17.6 Å². The van der Waals surface area contributed by atoms with Crippen LogP contribution in [0.4, 0.5) is 5.69 Å². The van der Waals surface area contributed by atoms with Crippen molar-refractivity contribution in [3.05, 3.63) is 48.0 Å². The molecule has 0 aliphatic carbocycles. The molecule has 2 rings (SSSR count). The average molecular weight is 287 g/mol. The molecule has 0 aliphatic rings. The molecule has 0 fully saturated rings. The molecule has 0 spiro atoms. The molecular weight excluding hydrogens is 274 g/mol. The Morgan fingerprint density at radius 2 is 1.81 bits per heavy atom. The summed E-state index contributed by atoms with van der Waals surface area (Å²) >= 11 is 0. The van der Waals surface area contributed by atoms with Crippen LogP contribution in [0.5, 0.6) is 17.2 Å². The van der Waals surface area contributed by atoms with Crippen LogP contribution in [-0.4, -0.2) is 22.1 Å². The van der Waals surface area contributed by atoms with Crippen LogP contribution in [-0.2, 0) is 4.79 Å². The molecule has 1 amide bonds. The molecule has 0 aromatic heterocycles. The van der Waals surface area contributed by atoms with E-state index in [1.807, 2.05) is 0 Å². The largest absolute Gasteiger partial charge is 0.508 e. The molecule has 108 valence electrons. The molecule has 6 heteroatoms. The number of phenols is 2. The minimum Gasteiger partial charge on any atom is -0.508 e. The maximum atomic E-state index is 12.2. The highest BCUT2D eigenvalue weighted by Crippen LogP contribution is 2.28. The third kappa shape index (κ3) is 3.50. The van der Waals surface area contributed by atoms with Crippen molar-refractivity contribution in [2.24, 2.45) is 0 Å². The van der Waals surface area contributed by atoms with Crippen LogP contribution in [0.15, 0.2) is 42.5 Å². The van der Waals surface area contributed by atoms with E-state index in [1.165, 1.54) is 37.3 Å². The van der Waals surface area contributed by atoms with Gasteiger partial charge in [-0.2, -0.15) is 0 Å². The van der Waals surface area contributed by atoms with Crippen LogP contribution in [0.2, 0.25) is 0 Å². The lowest BCUT2D eigenvalue weighted by Crippen LogP contribution is -2.14. The maximum absolute atomic E-state index is 12.2. The maximum Gasteiger partial charge on any atom is 0.308 e. The Bertz CT molecular complexity index is 696. The molecule has 3 N–H and O–H groups in total. The SMILES string of the molecule is CC(=O)Oc1ccccc1C(=O)Nc1cc(O)ccc1O. The van der Waals surface area contributed by atoms with Crippen molar-refractivity contribution in [1.82, 2.24) is 0 Å². The summed E-state index contributed by atoms with van der Waals surface area (Å²) in [7, 11) is 0. The van der Waals surface area contributed by atoms with E-state index in [1.54, 1.807) is 12.1 Å². The lowest BCUT2D eigenvalue weighted by molar-refractivity contribution is -0.131. The Balaban J connectivity index is 2.28. The molecule has 2 aromatic carbocycles. The Morgan fingerprint density at radius 1 is 1.10 bits per heavy atom. The normalized spacial score (nSPS) is 9.95. The highest BCUT2D eigenvalue weighted by atomic mass is 16.5. The molecule has 0 bridgehead atoms. The van der Waals surface area contributed by atoms with E-state index in [4.69, 9.17) is 4.74 Å². The number of rotatable bonds is 3. The average Bonchev–Trinajstić information content (AvgIpc) is 2.42. The van der Waals surface area contributed by atoms with E-state index in [2.05, 4.69) is 5.32 Å². The summed E-state index contributed by atoms with van der Waals surface area (Å²) in [5.41, 5.74) is 0.188. The number of anilines is 1. The van der Waals surface area contributed by atoms with Crippen LogP contribution in [0, 0.1) is 0 Å². The third-order valence-corrected chi connectivity index (χ3v) is 2.61. The minimum atomic E-state index is -0.576. The molecular formula is C15H13NO5. The van der Waals surface area contributed by atoms with Gasteiger partial charge in [-0.15, -0.1) is 0 Å². The van der Waals surface area contributed by atoms with Gasteiger partial charge in [-0.3, -0.25) is 9.59 Å². The van der Waals surface area contributed by atoms with Gasteiger partial charge in [0.25, 0.3) is 5.91 Å². The Labute approximate surface area is 120 Å². The van der Waals surface area contributed by atoms with E-state index >= 15 is 0 Å². The predicted molar refractivity (Wildman–Crippen MR) is 75.5 cm³/mol. The quantitative estimate of drug-likeness (QED) is 0.348. The first-order chi connectivity index (χ1) is 9.97. The van der Waals surface area contributed by atoms with Crippen molar-refractivity contribution in [3.63, 3.8) is 0 Å². The summed E-state index contributed by atoms with van der Waals surface area (Å²) in [6, 6.07) is 9.96. The second-order valence-electron chi connectivity index (χ2n) is 4.25. The van der Waals surface area contributed by atoms with Crippen LogP contribution >= 0.6 is 0 Å². The number of hydrogen-bond acceptors (Lipinski definition) is 5. The smallest absolute Gasteiger partial charge is 0.308 e. The fraction of sp³-hybridized carbons (Fsp3) is 0.0667. The Morgan fingerprint density at radius 3 is 2.52 bits per heavy atom. The summed E-state index contributed by atoms with van der Waals surface area (Å²) < 4.78 is 4.95. The second kappa shape index (κ2) is 5.96.